The number of carbonyl (C=O) groups is 2. The number of esters is 1. The van der Waals surface area contributed by atoms with Crippen LogP contribution in [0.2, 0.25) is 5.02 Å². The lowest BCUT2D eigenvalue weighted by Gasteiger charge is -2.11. The normalized spacial score (nSPS) is 11.0. The first-order valence-electron chi connectivity index (χ1n) is 12.9. The van der Waals surface area contributed by atoms with Gasteiger partial charge in [0, 0.05) is 38.1 Å². The van der Waals surface area contributed by atoms with Gasteiger partial charge in [-0.25, -0.2) is 10.2 Å². The van der Waals surface area contributed by atoms with Gasteiger partial charge < -0.3 is 14.5 Å². The molecule has 0 bridgehead atoms. The summed E-state index contributed by atoms with van der Waals surface area (Å²) in [6, 6.07) is 22.8. The molecule has 1 heterocycles. The van der Waals surface area contributed by atoms with Crippen LogP contribution in [0.5, 0.6) is 11.5 Å². The number of nitro benzene ring substituents is 1. The summed E-state index contributed by atoms with van der Waals surface area (Å²) in [5.41, 5.74) is 5.49. The lowest BCUT2D eigenvalue weighted by Crippen LogP contribution is -2.19. The predicted octanol–water partition coefficient (Wildman–Crippen LogP) is 7.54. The van der Waals surface area contributed by atoms with Crippen LogP contribution in [0.25, 0.3) is 22.0 Å². The van der Waals surface area contributed by atoms with Crippen molar-refractivity contribution in [3.63, 3.8) is 0 Å². The second kappa shape index (κ2) is 12.9. The molecule has 12 heteroatoms. The summed E-state index contributed by atoms with van der Waals surface area (Å²) in [5.74, 6) is -0.759. The Kier molecular flexibility index (Phi) is 8.84. The molecule has 5 rings (SSSR count). The first-order valence-corrected chi connectivity index (χ1v) is 14.1. The summed E-state index contributed by atoms with van der Waals surface area (Å²) in [7, 11) is 0. The average Bonchev–Trinajstić information content (AvgIpc) is 3.39. The molecule has 4 aromatic carbocycles. The molecule has 0 fully saturated rings. The number of rotatable bonds is 9. The molecule has 5 aromatic rings. The summed E-state index contributed by atoms with van der Waals surface area (Å²) in [6.45, 7) is 2.07. The zero-order valence-electron chi connectivity index (χ0n) is 22.5. The first kappa shape index (κ1) is 29.5. The number of nitrogens with one attached hydrogen (secondary N) is 2. The summed E-state index contributed by atoms with van der Waals surface area (Å²) < 4.78 is 11.9. The number of aromatic nitrogens is 1. The minimum absolute atomic E-state index is 0.139. The molecule has 1 aromatic heterocycles. The Bertz CT molecular complexity index is 1890. The Balaban J connectivity index is 1.36. The Hall–Kier alpha value is -5.00. The fourth-order valence-electron chi connectivity index (χ4n) is 4.35. The Labute approximate surface area is 258 Å². The second-order valence-electron chi connectivity index (χ2n) is 9.05. The minimum Gasteiger partial charge on any atom is -0.490 e. The highest BCUT2D eigenvalue weighted by Gasteiger charge is 2.22. The van der Waals surface area contributed by atoms with Crippen LogP contribution in [-0.4, -0.2) is 34.6 Å². The number of amides is 1. The summed E-state index contributed by atoms with van der Waals surface area (Å²) in [6.07, 6.45) is 1.43. The molecule has 0 aliphatic carbocycles. The van der Waals surface area contributed by atoms with Gasteiger partial charge in [0.2, 0.25) is 0 Å². The molecule has 1 amide bonds. The van der Waals surface area contributed by atoms with Gasteiger partial charge >= 0.3 is 5.97 Å². The van der Waals surface area contributed by atoms with E-state index < -0.39 is 16.8 Å². The van der Waals surface area contributed by atoms with Crippen molar-refractivity contribution in [1.29, 1.82) is 0 Å². The van der Waals surface area contributed by atoms with Crippen molar-refractivity contribution in [2.24, 2.45) is 5.10 Å². The number of nitrogens with zero attached hydrogens (tertiary/aromatic N) is 2. The molecular formula is C31H22BrClN4O6. The number of aromatic amines is 1. The number of hydrogen-bond donors (Lipinski definition) is 2. The van der Waals surface area contributed by atoms with Crippen LogP contribution in [0.15, 0.2) is 94.5 Å². The fraction of sp³-hybridized carbons (Fsp3) is 0.0645. The number of hydrazone groups is 1. The number of benzene rings is 4. The largest absolute Gasteiger partial charge is 0.490 e. The number of fused-ring (bicyclic) bond motifs is 1. The van der Waals surface area contributed by atoms with Gasteiger partial charge in [-0.15, -0.1) is 0 Å². The van der Waals surface area contributed by atoms with E-state index in [4.69, 9.17) is 21.1 Å². The first-order chi connectivity index (χ1) is 20.8. The van der Waals surface area contributed by atoms with E-state index >= 15 is 0 Å². The second-order valence-corrected chi connectivity index (χ2v) is 10.3. The number of carbonyl (C=O) groups excluding carboxylic acids is 2. The van der Waals surface area contributed by atoms with Crippen molar-refractivity contribution in [2.75, 3.05) is 6.61 Å². The third-order valence-electron chi connectivity index (χ3n) is 6.32. The minimum atomic E-state index is -0.705. The van der Waals surface area contributed by atoms with Crippen molar-refractivity contribution < 1.29 is 24.0 Å². The van der Waals surface area contributed by atoms with Crippen LogP contribution in [0.3, 0.4) is 0 Å². The maximum atomic E-state index is 13.3. The quantitative estimate of drug-likeness (QED) is 0.0551. The Morgan fingerprint density at radius 1 is 1.05 bits per heavy atom. The number of ether oxygens (including phenoxy) is 2. The van der Waals surface area contributed by atoms with Gasteiger partial charge in [0.1, 0.15) is 5.69 Å². The molecule has 43 heavy (non-hydrogen) atoms. The lowest BCUT2D eigenvalue weighted by molar-refractivity contribution is -0.384. The standard InChI is InChI=1S/C31H22BrClN4O6/c1-2-42-26-16-18(10-15-25(26)43-31(39)19-11-13-20(14-12-19)37(40)41)17-34-36-30(38)29-27(21-6-3-4-9-24(21)33)22-7-5-8-23(32)28(22)35-29/h3-17,35H,2H2,1H3,(H,36,38). The molecule has 0 atom stereocenters. The summed E-state index contributed by atoms with van der Waals surface area (Å²) >= 11 is 10.0. The van der Waals surface area contributed by atoms with E-state index in [1.165, 1.54) is 36.5 Å². The fourth-order valence-corrected chi connectivity index (χ4v) is 5.05. The van der Waals surface area contributed by atoms with Crippen LogP contribution in [-0.2, 0) is 0 Å². The molecule has 0 unspecified atom stereocenters. The third-order valence-corrected chi connectivity index (χ3v) is 7.31. The zero-order valence-corrected chi connectivity index (χ0v) is 24.8. The van der Waals surface area contributed by atoms with Gasteiger partial charge in [-0.2, -0.15) is 5.10 Å². The molecule has 0 saturated heterocycles. The molecule has 216 valence electrons. The van der Waals surface area contributed by atoms with E-state index in [0.29, 0.717) is 28.3 Å². The SMILES string of the molecule is CCOc1cc(C=NNC(=O)c2[nH]c3c(Br)cccc3c2-c2ccccc2Cl)ccc1OC(=O)c1ccc([N+](=O)[O-])cc1. The highest BCUT2D eigenvalue weighted by atomic mass is 79.9. The number of hydrogen-bond acceptors (Lipinski definition) is 7. The number of H-pyrrole nitrogens is 1. The van der Waals surface area contributed by atoms with Crippen molar-refractivity contribution >= 4 is 62.2 Å². The van der Waals surface area contributed by atoms with Crippen LogP contribution in [0, 0.1) is 10.1 Å². The van der Waals surface area contributed by atoms with Crippen molar-refractivity contribution in [2.45, 2.75) is 6.92 Å². The summed E-state index contributed by atoms with van der Waals surface area (Å²) in [5, 5.41) is 16.3. The van der Waals surface area contributed by atoms with Gasteiger partial charge in [0.15, 0.2) is 11.5 Å². The smallest absolute Gasteiger partial charge is 0.343 e. The van der Waals surface area contributed by atoms with Crippen molar-refractivity contribution in [1.82, 2.24) is 10.4 Å². The number of nitro groups is 1. The topological polar surface area (TPSA) is 136 Å². The molecular weight excluding hydrogens is 640 g/mol. The number of halogens is 2. The van der Waals surface area contributed by atoms with Gasteiger partial charge in [0.05, 0.1) is 28.8 Å². The average molecular weight is 662 g/mol. The maximum absolute atomic E-state index is 13.3. The third kappa shape index (κ3) is 6.42. The van der Waals surface area contributed by atoms with E-state index in [9.17, 15) is 19.7 Å². The maximum Gasteiger partial charge on any atom is 0.343 e. The molecule has 10 nitrogen and oxygen atoms in total. The van der Waals surface area contributed by atoms with Crippen LogP contribution < -0.4 is 14.9 Å². The van der Waals surface area contributed by atoms with Crippen molar-refractivity contribution in [3.8, 4) is 22.6 Å². The van der Waals surface area contributed by atoms with Crippen LogP contribution >= 0.6 is 27.5 Å². The van der Waals surface area contributed by atoms with Crippen molar-refractivity contribution in [3.05, 3.63) is 121 Å². The van der Waals surface area contributed by atoms with Crippen LogP contribution in [0.4, 0.5) is 5.69 Å². The molecule has 0 radical (unpaired) electrons. The van der Waals surface area contributed by atoms with E-state index in [1.54, 1.807) is 25.1 Å². The molecule has 0 aliphatic rings. The molecule has 0 saturated carbocycles. The highest BCUT2D eigenvalue weighted by molar-refractivity contribution is 9.10. The Morgan fingerprint density at radius 2 is 1.81 bits per heavy atom. The van der Waals surface area contributed by atoms with Gasteiger partial charge in [-0.1, -0.05) is 41.9 Å². The number of para-hydroxylation sites is 1. The molecule has 0 spiro atoms. The lowest BCUT2D eigenvalue weighted by atomic mass is 10.0. The van der Waals surface area contributed by atoms with Crippen LogP contribution in [0.1, 0.15) is 33.3 Å². The van der Waals surface area contributed by atoms with Gasteiger partial charge in [-0.05, 0) is 70.9 Å². The van der Waals surface area contributed by atoms with E-state index in [1.807, 2.05) is 36.4 Å². The van der Waals surface area contributed by atoms with Gasteiger partial charge in [-0.3, -0.25) is 14.9 Å². The Morgan fingerprint density at radius 3 is 2.53 bits per heavy atom. The van der Waals surface area contributed by atoms with Gasteiger partial charge in [0.25, 0.3) is 11.6 Å². The van der Waals surface area contributed by atoms with E-state index in [-0.39, 0.29) is 28.4 Å². The monoisotopic (exact) mass is 660 g/mol. The van der Waals surface area contributed by atoms with E-state index in [0.717, 1.165) is 15.4 Å². The highest BCUT2D eigenvalue weighted by Crippen LogP contribution is 2.38. The predicted molar refractivity (Wildman–Crippen MR) is 167 cm³/mol. The summed E-state index contributed by atoms with van der Waals surface area (Å²) in [4.78, 5) is 39.5. The van der Waals surface area contributed by atoms with E-state index in [2.05, 4.69) is 31.4 Å². The zero-order chi connectivity index (χ0) is 30.5. The molecule has 2 N–H and O–H groups in total. The number of non-ortho nitro benzene ring substituents is 1. The molecule has 0 aliphatic heterocycles.